The number of rotatable bonds is 0. The minimum atomic E-state index is -1.15. The van der Waals surface area contributed by atoms with Gasteiger partial charge in [-0.15, -0.1) is 0 Å². The molecule has 0 radical (unpaired) electrons. The lowest BCUT2D eigenvalue weighted by molar-refractivity contribution is 0.103. The Labute approximate surface area is 114 Å². The van der Waals surface area contributed by atoms with Crippen LogP contribution in [0.15, 0.2) is 47.4 Å². The van der Waals surface area contributed by atoms with E-state index in [2.05, 4.69) is 0 Å². The van der Waals surface area contributed by atoms with E-state index in [0.29, 0.717) is 21.8 Å². The number of hydrogen-bond donors (Lipinski definition) is 0. The highest BCUT2D eigenvalue weighted by Gasteiger charge is 2.25. The van der Waals surface area contributed by atoms with Crippen LogP contribution in [0.4, 0.5) is 0 Å². The highest BCUT2D eigenvalue weighted by atomic mass is 32.2. The zero-order chi connectivity index (χ0) is 12.7. The molecule has 0 amide bonds. The fourth-order valence-electron chi connectivity index (χ4n) is 2.31. The molecule has 3 nitrogen and oxygen atoms in total. The molecule has 0 aromatic heterocycles. The third-order valence-corrected chi connectivity index (χ3v) is 4.70. The maximum absolute atomic E-state index is 12.5. The second-order valence-corrected chi connectivity index (χ2v) is 5.84. The van der Waals surface area contributed by atoms with Crippen molar-refractivity contribution in [3.05, 3.63) is 64.7 Å². The molecular formula is C15H14O3S. The summed E-state index contributed by atoms with van der Waals surface area (Å²) in [7, 11) is -1.15. The molecule has 2 aromatic carbocycles. The molecule has 2 aromatic rings. The number of fused-ring (bicyclic) bond motifs is 2. The Morgan fingerprint density at radius 3 is 2.47 bits per heavy atom. The molecule has 1 aliphatic heterocycles. The minimum absolute atomic E-state index is 0. The van der Waals surface area contributed by atoms with E-state index >= 15 is 0 Å². The summed E-state index contributed by atoms with van der Waals surface area (Å²) in [6.07, 6.45) is 0. The average Bonchev–Trinajstić information content (AvgIpc) is 2.49. The molecule has 19 heavy (non-hydrogen) atoms. The molecule has 0 saturated carbocycles. The average molecular weight is 274 g/mol. The van der Waals surface area contributed by atoms with Gasteiger partial charge in [-0.1, -0.05) is 30.3 Å². The minimum Gasteiger partial charge on any atom is -0.412 e. The molecule has 1 unspecified atom stereocenters. The van der Waals surface area contributed by atoms with Gasteiger partial charge in [0.15, 0.2) is 5.78 Å². The maximum Gasteiger partial charge on any atom is 0.194 e. The summed E-state index contributed by atoms with van der Waals surface area (Å²) in [6.45, 7) is 1.96. The van der Waals surface area contributed by atoms with Crippen LogP contribution in [0.2, 0.25) is 0 Å². The number of aryl methyl sites for hydroxylation is 1. The van der Waals surface area contributed by atoms with Gasteiger partial charge in [0, 0.05) is 11.1 Å². The van der Waals surface area contributed by atoms with E-state index in [1.807, 2.05) is 37.3 Å². The lowest BCUT2D eigenvalue weighted by Crippen LogP contribution is -2.04. The fraction of sp³-hybridized carbons (Fsp3) is 0.133. The monoisotopic (exact) mass is 274 g/mol. The summed E-state index contributed by atoms with van der Waals surface area (Å²) in [5.74, 6) is 0.403. The molecule has 98 valence electrons. The van der Waals surface area contributed by atoms with Gasteiger partial charge in [0.25, 0.3) is 0 Å². The summed E-state index contributed by atoms with van der Waals surface area (Å²) >= 11 is 0. The van der Waals surface area contributed by atoms with Crippen molar-refractivity contribution in [3.63, 3.8) is 0 Å². The molecule has 3 rings (SSSR count). The van der Waals surface area contributed by atoms with E-state index in [0.717, 1.165) is 11.1 Å². The summed E-state index contributed by atoms with van der Waals surface area (Å²) < 4.78 is 12.3. The Kier molecular flexibility index (Phi) is 3.64. The number of carbonyl (C=O) groups is 1. The van der Waals surface area contributed by atoms with Crippen LogP contribution in [0.3, 0.4) is 0 Å². The third-order valence-electron chi connectivity index (χ3n) is 3.31. The zero-order valence-electron chi connectivity index (χ0n) is 10.5. The highest BCUT2D eigenvalue weighted by Crippen LogP contribution is 2.28. The van der Waals surface area contributed by atoms with E-state index in [-0.39, 0.29) is 11.3 Å². The predicted octanol–water partition coefficient (Wildman–Crippen LogP) is 2.02. The first-order valence-electron chi connectivity index (χ1n) is 5.79. The first-order chi connectivity index (χ1) is 8.68. The molecule has 1 aliphatic rings. The van der Waals surface area contributed by atoms with Crippen molar-refractivity contribution >= 4 is 16.6 Å². The Balaban J connectivity index is 0.00000133. The van der Waals surface area contributed by atoms with E-state index < -0.39 is 10.8 Å². The van der Waals surface area contributed by atoms with Crippen LogP contribution in [0.25, 0.3) is 0 Å². The van der Waals surface area contributed by atoms with Crippen molar-refractivity contribution in [2.24, 2.45) is 0 Å². The second-order valence-electron chi connectivity index (χ2n) is 4.42. The van der Waals surface area contributed by atoms with Crippen LogP contribution >= 0.6 is 0 Å². The molecule has 2 N–H and O–H groups in total. The molecule has 1 atom stereocenters. The molecular weight excluding hydrogens is 260 g/mol. The molecule has 4 heteroatoms. The van der Waals surface area contributed by atoms with Crippen LogP contribution in [0, 0.1) is 6.92 Å². The van der Waals surface area contributed by atoms with Gasteiger partial charge in [-0.3, -0.25) is 9.00 Å². The SMILES string of the molecule is Cc1cccc2c1CS(=O)c1ccccc1C2=O.O. The molecule has 0 fully saturated rings. The molecule has 0 spiro atoms. The quantitative estimate of drug-likeness (QED) is 0.737. The number of benzene rings is 2. The van der Waals surface area contributed by atoms with E-state index in [4.69, 9.17) is 0 Å². The Hall–Kier alpha value is -1.78. The van der Waals surface area contributed by atoms with Gasteiger partial charge >= 0.3 is 0 Å². The normalized spacial score (nSPS) is 16.9. The van der Waals surface area contributed by atoms with Crippen LogP contribution in [0.5, 0.6) is 0 Å². The molecule has 0 bridgehead atoms. The predicted molar refractivity (Wildman–Crippen MR) is 74.8 cm³/mol. The van der Waals surface area contributed by atoms with Gasteiger partial charge in [-0.25, -0.2) is 0 Å². The zero-order valence-corrected chi connectivity index (χ0v) is 11.3. The largest absolute Gasteiger partial charge is 0.412 e. The van der Waals surface area contributed by atoms with E-state index in [1.165, 1.54) is 0 Å². The van der Waals surface area contributed by atoms with Crippen molar-refractivity contribution in [3.8, 4) is 0 Å². The van der Waals surface area contributed by atoms with Gasteiger partial charge in [0.1, 0.15) is 0 Å². The summed E-state index contributed by atoms with van der Waals surface area (Å²) in [4.78, 5) is 13.1. The molecule has 1 heterocycles. The van der Waals surface area contributed by atoms with Gasteiger partial charge < -0.3 is 5.48 Å². The number of ketones is 1. The first kappa shape index (κ1) is 13.6. The Morgan fingerprint density at radius 1 is 1.00 bits per heavy atom. The second kappa shape index (κ2) is 5.07. The number of hydrogen-bond acceptors (Lipinski definition) is 2. The van der Waals surface area contributed by atoms with Crippen LogP contribution in [0.1, 0.15) is 27.0 Å². The Bertz CT molecular complexity index is 677. The van der Waals surface area contributed by atoms with Crippen LogP contribution in [-0.2, 0) is 16.6 Å². The van der Waals surface area contributed by atoms with Gasteiger partial charge in [-0.2, -0.15) is 0 Å². The molecule has 0 saturated heterocycles. The highest BCUT2D eigenvalue weighted by molar-refractivity contribution is 7.84. The van der Waals surface area contributed by atoms with Crippen molar-refractivity contribution in [2.75, 3.05) is 0 Å². The fourth-order valence-corrected chi connectivity index (χ4v) is 3.75. The molecule has 0 aliphatic carbocycles. The first-order valence-corrected chi connectivity index (χ1v) is 7.11. The van der Waals surface area contributed by atoms with Crippen LogP contribution in [-0.4, -0.2) is 15.5 Å². The van der Waals surface area contributed by atoms with E-state index in [9.17, 15) is 9.00 Å². The maximum atomic E-state index is 12.5. The lowest BCUT2D eigenvalue weighted by Gasteiger charge is -2.06. The van der Waals surface area contributed by atoms with Crippen molar-refractivity contribution in [1.29, 1.82) is 0 Å². The topological polar surface area (TPSA) is 65.6 Å². The lowest BCUT2D eigenvalue weighted by atomic mass is 9.96. The van der Waals surface area contributed by atoms with E-state index in [1.54, 1.807) is 12.1 Å². The van der Waals surface area contributed by atoms with Gasteiger partial charge in [0.2, 0.25) is 0 Å². The van der Waals surface area contributed by atoms with Gasteiger partial charge in [0.05, 0.1) is 21.4 Å². The van der Waals surface area contributed by atoms with Crippen molar-refractivity contribution in [2.45, 2.75) is 17.6 Å². The van der Waals surface area contributed by atoms with Crippen LogP contribution < -0.4 is 0 Å². The standard InChI is InChI=1S/C15H12O2S.H2O/c1-10-5-4-7-11-13(10)9-18(17)14-8-3-2-6-12(14)15(11)16;/h2-8H,9H2,1H3;1H2. The van der Waals surface area contributed by atoms with Gasteiger partial charge in [-0.05, 0) is 30.2 Å². The smallest absolute Gasteiger partial charge is 0.194 e. The van der Waals surface area contributed by atoms with Crippen molar-refractivity contribution in [1.82, 2.24) is 0 Å². The number of carbonyl (C=O) groups excluding carboxylic acids is 1. The summed E-state index contributed by atoms with van der Waals surface area (Å²) in [5, 5.41) is 0. The third kappa shape index (κ3) is 2.13. The summed E-state index contributed by atoms with van der Waals surface area (Å²) in [5.41, 5.74) is 3.20. The summed E-state index contributed by atoms with van der Waals surface area (Å²) in [6, 6.07) is 12.8. The Morgan fingerprint density at radius 2 is 1.68 bits per heavy atom. The van der Waals surface area contributed by atoms with Crippen molar-refractivity contribution < 1.29 is 14.5 Å².